The van der Waals surface area contributed by atoms with Gasteiger partial charge in [-0.3, -0.25) is 19.1 Å². The van der Waals surface area contributed by atoms with Crippen LogP contribution in [0.2, 0.25) is 0 Å². The summed E-state index contributed by atoms with van der Waals surface area (Å²) in [6.07, 6.45) is 2.37. The largest absolute Gasteiger partial charge is 0.478 e. The number of nitrogens with two attached hydrogens (primary N) is 3. The molecule has 1 saturated heterocycles. The number of hydrogen-bond donors (Lipinski definition) is 6. The normalized spacial score (nSPS) is 20.0. The van der Waals surface area contributed by atoms with Crippen LogP contribution in [0.25, 0.3) is 0 Å². The Morgan fingerprint density at radius 3 is 2.67 bits per heavy atom. The predicted octanol–water partition coefficient (Wildman–Crippen LogP) is -3.05. The molecule has 2 amide bonds. The SMILES string of the molecule is CN(Cc1cnn(CC2C(NC(=O)C(=NOC3(C(=O)O)CC3)c3csc(N)n3)C(=O)N2S(=O)(=O)O)n1)C(N)=NCCCN. The third-order valence-corrected chi connectivity index (χ3v) is 8.07. The van der Waals surface area contributed by atoms with E-state index in [1.807, 2.05) is 0 Å². The van der Waals surface area contributed by atoms with Gasteiger partial charge in [0.2, 0.25) is 5.60 Å². The molecule has 2 aromatic heterocycles. The van der Waals surface area contributed by atoms with Crippen LogP contribution in [-0.2, 0) is 42.6 Å². The number of nitrogens with one attached hydrogen (secondary N) is 1. The van der Waals surface area contributed by atoms with Gasteiger partial charge in [-0.15, -0.1) is 11.3 Å². The highest BCUT2D eigenvalue weighted by Crippen LogP contribution is 2.40. The molecule has 0 radical (unpaired) electrons. The highest BCUT2D eigenvalue weighted by atomic mass is 32.2. The van der Waals surface area contributed by atoms with E-state index in [2.05, 4.69) is 30.6 Å². The van der Waals surface area contributed by atoms with E-state index in [1.54, 1.807) is 11.9 Å². The summed E-state index contributed by atoms with van der Waals surface area (Å²) in [5.74, 6) is -3.21. The number of aliphatic carboxylic acids is 1. The zero-order chi connectivity index (χ0) is 31.5. The molecule has 2 fully saturated rings. The van der Waals surface area contributed by atoms with Crippen molar-refractivity contribution in [1.82, 2.24) is 34.5 Å². The number of carboxylic acid groups (broad SMARTS) is 1. The van der Waals surface area contributed by atoms with Crippen molar-refractivity contribution >= 4 is 56.2 Å². The van der Waals surface area contributed by atoms with Crippen molar-refractivity contribution in [3.8, 4) is 0 Å². The number of carbonyl (C=O) groups is 3. The summed E-state index contributed by atoms with van der Waals surface area (Å²) in [4.78, 5) is 53.5. The van der Waals surface area contributed by atoms with Gasteiger partial charge in [-0.2, -0.15) is 23.4 Å². The van der Waals surface area contributed by atoms with Crippen LogP contribution in [0.5, 0.6) is 0 Å². The first-order valence-electron chi connectivity index (χ1n) is 12.7. The van der Waals surface area contributed by atoms with Crippen LogP contribution < -0.4 is 22.5 Å². The molecule has 2 aromatic rings. The van der Waals surface area contributed by atoms with E-state index in [9.17, 15) is 32.5 Å². The molecule has 3 heterocycles. The Labute approximate surface area is 248 Å². The lowest BCUT2D eigenvalue weighted by atomic mass is 9.98. The summed E-state index contributed by atoms with van der Waals surface area (Å²) < 4.78 is 33.8. The molecule has 234 valence electrons. The molecule has 43 heavy (non-hydrogen) atoms. The van der Waals surface area contributed by atoms with Crippen molar-refractivity contribution in [2.75, 3.05) is 25.9 Å². The molecule has 1 saturated carbocycles. The van der Waals surface area contributed by atoms with E-state index < -0.39 is 51.5 Å². The first kappa shape index (κ1) is 31.5. The number of aromatic nitrogens is 4. The number of thiazole rings is 1. The summed E-state index contributed by atoms with van der Waals surface area (Å²) in [5.41, 5.74) is 15.3. The zero-order valence-electron chi connectivity index (χ0n) is 22.7. The van der Waals surface area contributed by atoms with Gasteiger partial charge in [0.05, 0.1) is 19.3 Å². The van der Waals surface area contributed by atoms with Crippen molar-refractivity contribution in [1.29, 1.82) is 0 Å². The van der Waals surface area contributed by atoms with Gasteiger partial charge in [-0.1, -0.05) is 5.16 Å². The first-order valence-corrected chi connectivity index (χ1v) is 15.0. The number of guanidine groups is 1. The monoisotopic (exact) mass is 642 g/mol. The molecule has 2 unspecified atom stereocenters. The van der Waals surface area contributed by atoms with Crippen LogP contribution in [0.1, 0.15) is 30.7 Å². The van der Waals surface area contributed by atoms with Gasteiger partial charge in [0.1, 0.15) is 23.5 Å². The molecule has 4 rings (SSSR count). The maximum absolute atomic E-state index is 13.2. The van der Waals surface area contributed by atoms with Crippen LogP contribution >= 0.6 is 11.3 Å². The van der Waals surface area contributed by atoms with E-state index in [0.717, 1.165) is 16.1 Å². The number of oxime groups is 1. The Morgan fingerprint density at radius 1 is 1.37 bits per heavy atom. The second-order valence-corrected chi connectivity index (χ2v) is 11.8. The summed E-state index contributed by atoms with van der Waals surface area (Å²) in [7, 11) is -3.34. The lowest BCUT2D eigenvalue weighted by molar-refractivity contribution is -0.153. The van der Waals surface area contributed by atoms with Gasteiger partial charge >= 0.3 is 16.3 Å². The molecule has 1 aliphatic heterocycles. The Morgan fingerprint density at radius 2 is 2.09 bits per heavy atom. The third kappa shape index (κ3) is 7.15. The molecule has 20 nitrogen and oxygen atoms in total. The second-order valence-electron chi connectivity index (χ2n) is 9.66. The van der Waals surface area contributed by atoms with Gasteiger partial charge in [0.15, 0.2) is 16.8 Å². The summed E-state index contributed by atoms with van der Waals surface area (Å²) >= 11 is 0.966. The Hall–Kier alpha value is -4.41. The zero-order valence-corrected chi connectivity index (χ0v) is 24.4. The van der Waals surface area contributed by atoms with Gasteiger partial charge in [-0.05, 0) is 13.0 Å². The van der Waals surface area contributed by atoms with Crippen LogP contribution in [0.4, 0.5) is 5.13 Å². The molecule has 0 aromatic carbocycles. The number of carboxylic acids is 1. The number of anilines is 1. The fourth-order valence-corrected chi connectivity index (χ4v) is 5.35. The van der Waals surface area contributed by atoms with Crippen molar-refractivity contribution in [2.45, 2.75) is 50.0 Å². The number of carbonyl (C=O) groups excluding carboxylic acids is 2. The number of hydrogen-bond acceptors (Lipinski definition) is 14. The minimum absolute atomic E-state index is 0.0653. The highest BCUT2D eigenvalue weighted by molar-refractivity contribution is 7.84. The van der Waals surface area contributed by atoms with E-state index >= 15 is 0 Å². The molecule has 2 atom stereocenters. The van der Waals surface area contributed by atoms with Crippen LogP contribution in [0, 0.1) is 0 Å². The van der Waals surface area contributed by atoms with E-state index in [1.165, 1.54) is 11.6 Å². The van der Waals surface area contributed by atoms with Gasteiger partial charge in [-0.25, -0.2) is 14.1 Å². The topological polar surface area (TPSA) is 300 Å². The number of nitrogens with zero attached hydrogens (tertiary/aromatic N) is 8. The fourth-order valence-electron chi connectivity index (χ4n) is 3.93. The summed E-state index contributed by atoms with van der Waals surface area (Å²) in [6, 6.07) is -2.82. The lowest BCUT2D eigenvalue weighted by Gasteiger charge is -2.43. The molecule has 9 N–H and O–H groups in total. The van der Waals surface area contributed by atoms with Gasteiger partial charge < -0.3 is 37.4 Å². The molecular weight excluding hydrogens is 612 g/mol. The van der Waals surface area contributed by atoms with E-state index in [0.29, 0.717) is 25.2 Å². The number of amides is 2. The van der Waals surface area contributed by atoms with Crippen molar-refractivity contribution in [3.05, 3.63) is 23.0 Å². The Kier molecular flexibility index (Phi) is 9.12. The Bertz CT molecular complexity index is 1550. The number of rotatable bonds is 14. The first-order chi connectivity index (χ1) is 20.3. The average molecular weight is 643 g/mol. The smallest absolute Gasteiger partial charge is 0.362 e. The molecule has 2 aliphatic rings. The fraction of sp³-hybridized carbons (Fsp3) is 0.524. The van der Waals surface area contributed by atoms with Gasteiger partial charge in [0, 0.05) is 31.8 Å². The van der Waals surface area contributed by atoms with Crippen molar-refractivity contribution in [2.24, 2.45) is 21.6 Å². The van der Waals surface area contributed by atoms with Crippen LogP contribution in [0.3, 0.4) is 0 Å². The standard InChI is InChI=1S/C21H30N12O8S2/c1-31(19(23)25-6-2-5-22)8-11-7-26-32(29-11)9-13-15(17(35)33(13)43(38,39)40)28-16(34)14(12-10-42-20(24)27-12)30-41-21(3-4-21)18(36)37/h7,10,13,15H,2-6,8-9,22H2,1H3,(H2,23,25)(H2,24,27)(H,28,34)(H,36,37)(H,38,39,40). The number of β-lactam (4-membered cyclic amide) rings is 1. The van der Waals surface area contributed by atoms with E-state index in [4.69, 9.17) is 22.0 Å². The molecule has 0 spiro atoms. The average Bonchev–Trinajstić information content (AvgIpc) is 3.41. The van der Waals surface area contributed by atoms with E-state index in [-0.39, 0.29) is 47.0 Å². The molecular formula is C21H30N12O8S2. The Balaban J connectivity index is 1.51. The third-order valence-electron chi connectivity index (χ3n) is 6.45. The summed E-state index contributed by atoms with van der Waals surface area (Å²) in [6.45, 7) is 0.753. The van der Waals surface area contributed by atoms with Crippen LogP contribution in [-0.4, -0.2) is 115 Å². The summed E-state index contributed by atoms with van der Waals surface area (Å²) in [5, 5.41) is 25.2. The van der Waals surface area contributed by atoms with Crippen molar-refractivity contribution < 1.29 is 37.3 Å². The number of nitrogen functional groups attached to an aromatic ring is 1. The number of aliphatic imine (C=N–C) groups is 1. The lowest BCUT2D eigenvalue weighted by Crippen LogP contribution is -2.73. The minimum Gasteiger partial charge on any atom is -0.478 e. The molecule has 0 bridgehead atoms. The van der Waals surface area contributed by atoms with Crippen LogP contribution in [0.15, 0.2) is 21.7 Å². The highest BCUT2D eigenvalue weighted by Gasteiger charge is 2.56. The maximum Gasteiger partial charge on any atom is 0.362 e. The molecule has 22 heteroatoms. The predicted molar refractivity (Wildman–Crippen MR) is 150 cm³/mol. The quantitative estimate of drug-likeness (QED) is 0.0298. The molecule has 1 aliphatic carbocycles. The van der Waals surface area contributed by atoms with Crippen molar-refractivity contribution in [3.63, 3.8) is 0 Å². The van der Waals surface area contributed by atoms with Gasteiger partial charge in [0.25, 0.3) is 11.8 Å². The maximum atomic E-state index is 13.2. The second kappa shape index (κ2) is 12.4. The minimum atomic E-state index is -5.02.